The number of quaternary nitrogens is 1. The van der Waals surface area contributed by atoms with Crippen molar-refractivity contribution in [1.29, 1.82) is 5.26 Å². The lowest BCUT2D eigenvalue weighted by molar-refractivity contribution is -0.666. The Morgan fingerprint density at radius 1 is 1.26 bits per heavy atom. The number of carbonyl (C=O) groups excluding carboxylic acids is 1. The molecule has 0 aliphatic carbocycles. The smallest absolute Gasteiger partial charge is 0.233 e. The maximum absolute atomic E-state index is 12.3. The summed E-state index contributed by atoms with van der Waals surface area (Å²) in [4.78, 5) is 20.8. The van der Waals surface area contributed by atoms with Crippen molar-refractivity contribution in [3.8, 4) is 17.5 Å². The molecule has 3 heterocycles. The number of carbonyl (C=O) groups is 1. The lowest BCUT2D eigenvalue weighted by Gasteiger charge is -2.19. The Bertz CT molecular complexity index is 747. The topological polar surface area (TPSA) is 95.3 Å². The highest BCUT2D eigenvalue weighted by Gasteiger charge is 2.23. The van der Waals surface area contributed by atoms with Gasteiger partial charge in [0.15, 0.2) is 0 Å². The second kappa shape index (κ2) is 6.99. The first-order valence-corrected chi connectivity index (χ1v) is 7.71. The minimum Gasteiger partial charge on any atom is -0.346 e. The highest BCUT2D eigenvalue weighted by atomic mass is 16.1. The number of anilines is 1. The molecule has 0 aromatic carbocycles. The molecule has 2 aromatic rings. The highest BCUT2D eigenvalue weighted by molar-refractivity contribution is 5.93. The van der Waals surface area contributed by atoms with Crippen LogP contribution in [0.5, 0.6) is 0 Å². The van der Waals surface area contributed by atoms with Gasteiger partial charge in [-0.05, 0) is 37.1 Å². The Labute approximate surface area is 134 Å². The number of hydrogen-bond acceptors (Lipinski definition) is 4. The lowest BCUT2D eigenvalue weighted by atomic mass is 9.99. The molecule has 6 heteroatoms. The molecular weight excluding hydrogens is 290 g/mol. The predicted octanol–water partition coefficient (Wildman–Crippen LogP) is 0.927. The Hall–Kier alpha value is -2.78. The molecule has 1 aliphatic rings. The quantitative estimate of drug-likeness (QED) is 0.881. The maximum atomic E-state index is 12.3. The number of aromatic nitrogens is 2. The number of nitrogens with two attached hydrogens (primary N) is 1. The molecule has 0 saturated carbocycles. The van der Waals surface area contributed by atoms with Crippen LogP contribution in [0.1, 0.15) is 18.4 Å². The van der Waals surface area contributed by atoms with Crippen molar-refractivity contribution in [3.63, 3.8) is 0 Å². The number of amides is 1. The Balaban J connectivity index is 1.77. The molecule has 1 atom stereocenters. The second-order valence-corrected chi connectivity index (χ2v) is 5.61. The van der Waals surface area contributed by atoms with Gasteiger partial charge in [-0.3, -0.25) is 14.8 Å². The van der Waals surface area contributed by atoms with Crippen LogP contribution in [0, 0.1) is 17.2 Å². The van der Waals surface area contributed by atoms with Crippen molar-refractivity contribution in [3.05, 3.63) is 42.2 Å². The van der Waals surface area contributed by atoms with Crippen LogP contribution in [0.3, 0.4) is 0 Å². The van der Waals surface area contributed by atoms with E-state index in [1.807, 2.05) is 0 Å². The van der Waals surface area contributed by atoms with Crippen molar-refractivity contribution < 1.29 is 10.1 Å². The summed E-state index contributed by atoms with van der Waals surface area (Å²) in [7, 11) is 0. The number of nitrogens with zero attached hydrogens (tertiary/aromatic N) is 3. The van der Waals surface area contributed by atoms with Crippen LogP contribution >= 0.6 is 0 Å². The molecular formula is C17H18N5O+. The van der Waals surface area contributed by atoms with Gasteiger partial charge < -0.3 is 10.6 Å². The molecule has 1 aliphatic heterocycles. The van der Waals surface area contributed by atoms with E-state index in [0.29, 0.717) is 22.6 Å². The Morgan fingerprint density at radius 3 is 2.78 bits per heavy atom. The summed E-state index contributed by atoms with van der Waals surface area (Å²) in [6.45, 7) is 1.94. The third kappa shape index (κ3) is 3.71. The van der Waals surface area contributed by atoms with E-state index in [-0.39, 0.29) is 11.8 Å². The fraction of sp³-hybridized carbons (Fsp3) is 0.294. The first-order chi connectivity index (χ1) is 11.3. The molecule has 0 radical (unpaired) electrons. The van der Waals surface area contributed by atoms with Gasteiger partial charge in [0, 0.05) is 18.1 Å². The van der Waals surface area contributed by atoms with Crippen molar-refractivity contribution in [2.45, 2.75) is 12.8 Å². The Kier molecular flexibility index (Phi) is 4.60. The molecule has 3 rings (SSSR count). The molecule has 116 valence electrons. The standard InChI is InChI=1S/C17H17N5O/c18-10-12-3-6-20-15(8-12)16-9-14(4-7-21-16)22-17(23)13-2-1-5-19-11-13/h3-4,6-9,13,19H,1-2,5,11H2,(H,21,22,23)/p+1. The van der Waals surface area contributed by atoms with E-state index in [9.17, 15) is 4.79 Å². The largest absolute Gasteiger partial charge is 0.346 e. The number of rotatable bonds is 3. The minimum atomic E-state index is 0.0526. The van der Waals surface area contributed by atoms with Gasteiger partial charge in [0.05, 0.1) is 42.0 Å². The summed E-state index contributed by atoms with van der Waals surface area (Å²) in [5.74, 6) is 0.109. The van der Waals surface area contributed by atoms with Gasteiger partial charge in [0.1, 0.15) is 0 Å². The molecule has 0 spiro atoms. The van der Waals surface area contributed by atoms with E-state index in [1.54, 1.807) is 36.7 Å². The van der Waals surface area contributed by atoms with Crippen molar-refractivity contribution in [2.24, 2.45) is 5.92 Å². The summed E-state index contributed by atoms with van der Waals surface area (Å²) < 4.78 is 0. The molecule has 3 N–H and O–H groups in total. The zero-order chi connectivity index (χ0) is 16.1. The number of piperidine rings is 1. The molecule has 1 fully saturated rings. The molecule has 6 nitrogen and oxygen atoms in total. The van der Waals surface area contributed by atoms with Crippen LogP contribution in [0.25, 0.3) is 11.4 Å². The van der Waals surface area contributed by atoms with E-state index in [0.717, 1.165) is 25.9 Å². The number of nitrogens with one attached hydrogen (secondary N) is 1. The monoisotopic (exact) mass is 308 g/mol. The lowest BCUT2D eigenvalue weighted by Crippen LogP contribution is -2.87. The van der Waals surface area contributed by atoms with Gasteiger partial charge in [-0.2, -0.15) is 5.26 Å². The second-order valence-electron chi connectivity index (χ2n) is 5.61. The summed E-state index contributed by atoms with van der Waals surface area (Å²) in [5.41, 5.74) is 2.49. The molecule has 23 heavy (non-hydrogen) atoms. The summed E-state index contributed by atoms with van der Waals surface area (Å²) in [5, 5.41) is 14.1. The Morgan fingerprint density at radius 2 is 2.04 bits per heavy atom. The zero-order valence-electron chi connectivity index (χ0n) is 12.7. The third-order valence-electron chi connectivity index (χ3n) is 3.96. The van der Waals surface area contributed by atoms with E-state index in [2.05, 4.69) is 26.7 Å². The van der Waals surface area contributed by atoms with Gasteiger partial charge in [0.2, 0.25) is 5.91 Å². The van der Waals surface area contributed by atoms with Crippen LogP contribution in [0.2, 0.25) is 0 Å². The van der Waals surface area contributed by atoms with Gasteiger partial charge >= 0.3 is 0 Å². The van der Waals surface area contributed by atoms with Crippen molar-refractivity contribution in [2.75, 3.05) is 18.4 Å². The van der Waals surface area contributed by atoms with Gasteiger partial charge in [-0.15, -0.1) is 0 Å². The van der Waals surface area contributed by atoms with Gasteiger partial charge in [0.25, 0.3) is 0 Å². The molecule has 1 saturated heterocycles. The molecule has 0 bridgehead atoms. The van der Waals surface area contributed by atoms with E-state index < -0.39 is 0 Å². The number of nitriles is 1. The van der Waals surface area contributed by atoms with Crippen molar-refractivity contribution >= 4 is 11.6 Å². The normalized spacial score (nSPS) is 17.3. The van der Waals surface area contributed by atoms with Crippen LogP contribution in [0.15, 0.2) is 36.7 Å². The van der Waals surface area contributed by atoms with Gasteiger partial charge in [-0.25, -0.2) is 0 Å². The first-order valence-electron chi connectivity index (χ1n) is 7.71. The fourth-order valence-electron chi connectivity index (χ4n) is 2.72. The summed E-state index contributed by atoms with van der Waals surface area (Å²) in [6, 6.07) is 8.97. The van der Waals surface area contributed by atoms with Gasteiger partial charge in [-0.1, -0.05) is 0 Å². The predicted molar refractivity (Wildman–Crippen MR) is 85.2 cm³/mol. The SMILES string of the molecule is N#Cc1ccnc(-c2cc(NC(=O)C3CCC[NH2+]C3)ccn2)c1. The average molecular weight is 308 g/mol. The van der Waals surface area contributed by atoms with E-state index in [4.69, 9.17) is 5.26 Å². The average Bonchev–Trinajstić information content (AvgIpc) is 2.63. The summed E-state index contributed by atoms with van der Waals surface area (Å²) in [6.07, 6.45) is 5.23. The minimum absolute atomic E-state index is 0.0526. The third-order valence-corrected chi connectivity index (χ3v) is 3.96. The molecule has 1 amide bonds. The first kappa shape index (κ1) is 15.1. The highest BCUT2D eigenvalue weighted by Crippen LogP contribution is 2.20. The zero-order valence-corrected chi connectivity index (χ0v) is 12.7. The summed E-state index contributed by atoms with van der Waals surface area (Å²) >= 11 is 0. The maximum Gasteiger partial charge on any atom is 0.233 e. The van der Waals surface area contributed by atoms with E-state index >= 15 is 0 Å². The fourth-order valence-corrected chi connectivity index (χ4v) is 2.72. The van der Waals surface area contributed by atoms with Crippen LogP contribution < -0.4 is 10.6 Å². The molecule has 2 aromatic heterocycles. The van der Waals surface area contributed by atoms with Crippen LogP contribution in [0.4, 0.5) is 5.69 Å². The molecule has 1 unspecified atom stereocenters. The van der Waals surface area contributed by atoms with Crippen LogP contribution in [-0.4, -0.2) is 29.0 Å². The van der Waals surface area contributed by atoms with Crippen LogP contribution in [-0.2, 0) is 4.79 Å². The number of pyridine rings is 2. The van der Waals surface area contributed by atoms with Crippen molar-refractivity contribution in [1.82, 2.24) is 9.97 Å². The number of hydrogen-bond donors (Lipinski definition) is 2. The van der Waals surface area contributed by atoms with E-state index in [1.165, 1.54) is 0 Å².